The highest BCUT2D eigenvalue weighted by atomic mass is 32.1. The number of carbonyl (C=O) groups excluding carboxylic acids is 1. The number of amides is 1. The topological polar surface area (TPSA) is 119 Å². The third-order valence-corrected chi connectivity index (χ3v) is 5.55. The van der Waals surface area contributed by atoms with Gasteiger partial charge in [-0.05, 0) is 26.0 Å². The fourth-order valence-corrected chi connectivity index (χ4v) is 4.18. The summed E-state index contributed by atoms with van der Waals surface area (Å²) in [6, 6.07) is 9.31. The number of rotatable bonds is 8. The van der Waals surface area contributed by atoms with Crippen molar-refractivity contribution >= 4 is 33.7 Å². The number of nitrogens with zero attached hydrogens (tertiary/aromatic N) is 3. The maximum atomic E-state index is 12.2. The smallest absolute Gasteiger partial charge is 0.247 e. The Hall–Kier alpha value is -2.95. The van der Waals surface area contributed by atoms with Gasteiger partial charge in [-0.1, -0.05) is 18.2 Å². The molecule has 29 heavy (non-hydrogen) atoms. The van der Waals surface area contributed by atoms with E-state index in [1.165, 1.54) is 22.5 Å². The number of hydrogen-bond acceptors (Lipinski definition) is 9. The van der Waals surface area contributed by atoms with Crippen LogP contribution in [0.3, 0.4) is 0 Å². The van der Waals surface area contributed by atoms with Gasteiger partial charge >= 0.3 is 0 Å². The highest BCUT2D eigenvalue weighted by Crippen LogP contribution is 2.31. The van der Waals surface area contributed by atoms with E-state index >= 15 is 0 Å². The Balaban J connectivity index is 1.50. The lowest BCUT2D eigenvalue weighted by Gasteiger charge is -2.14. The molecule has 2 aromatic heterocycles. The van der Waals surface area contributed by atoms with Crippen LogP contribution in [-0.2, 0) is 4.79 Å². The molecule has 0 aliphatic rings. The average molecular weight is 431 g/mol. The van der Waals surface area contributed by atoms with E-state index in [0.29, 0.717) is 16.6 Å². The van der Waals surface area contributed by atoms with Crippen LogP contribution in [-0.4, -0.2) is 34.0 Å². The standard InChI is InChI=1S/C19H22N6O2S2/c1-12-18(29-13(2)22-12)16-11-28-19(23-16)24-17(26)9-25(21)8-14(20)10-27-15-6-4-3-5-7-15/h3-8,11H,9-10,20-21H2,1-2H3,(H,23,24,26)/b14-8-. The van der Waals surface area contributed by atoms with Crippen molar-refractivity contribution in [2.75, 3.05) is 18.5 Å². The minimum Gasteiger partial charge on any atom is -0.487 e. The second-order valence-corrected chi connectivity index (χ2v) is 8.27. The zero-order valence-corrected chi connectivity index (χ0v) is 17.7. The summed E-state index contributed by atoms with van der Waals surface area (Å²) in [7, 11) is 0. The fourth-order valence-electron chi connectivity index (χ4n) is 2.51. The molecule has 152 valence electrons. The molecule has 3 rings (SSSR count). The number of hydrogen-bond donors (Lipinski definition) is 3. The summed E-state index contributed by atoms with van der Waals surface area (Å²) in [5.41, 5.74) is 8.04. The van der Waals surface area contributed by atoms with E-state index in [0.717, 1.165) is 21.3 Å². The Labute approximate surface area is 176 Å². The number of carbonyl (C=O) groups is 1. The van der Waals surface area contributed by atoms with E-state index in [4.69, 9.17) is 16.3 Å². The average Bonchev–Trinajstić information content (AvgIpc) is 3.26. The third-order valence-electron chi connectivity index (χ3n) is 3.69. The number of para-hydroxylation sites is 1. The highest BCUT2D eigenvalue weighted by molar-refractivity contribution is 7.16. The molecule has 1 aromatic carbocycles. The number of thiazole rings is 2. The van der Waals surface area contributed by atoms with E-state index in [9.17, 15) is 4.79 Å². The molecule has 0 aliphatic carbocycles. The first kappa shape index (κ1) is 20.8. The van der Waals surface area contributed by atoms with Crippen LogP contribution in [0.25, 0.3) is 10.6 Å². The fraction of sp³-hybridized carbons (Fsp3) is 0.211. The molecule has 1 amide bonds. The molecule has 0 bridgehead atoms. The molecule has 5 N–H and O–H groups in total. The van der Waals surface area contributed by atoms with Gasteiger partial charge in [0.25, 0.3) is 0 Å². The first-order chi connectivity index (χ1) is 13.9. The predicted molar refractivity (Wildman–Crippen MR) is 116 cm³/mol. The van der Waals surface area contributed by atoms with Gasteiger partial charge in [0, 0.05) is 11.6 Å². The van der Waals surface area contributed by atoms with Crippen molar-refractivity contribution < 1.29 is 9.53 Å². The van der Waals surface area contributed by atoms with E-state index in [1.807, 2.05) is 49.6 Å². The largest absolute Gasteiger partial charge is 0.487 e. The first-order valence-electron chi connectivity index (χ1n) is 8.76. The molecular weight excluding hydrogens is 408 g/mol. The second-order valence-electron chi connectivity index (χ2n) is 6.21. The maximum Gasteiger partial charge on any atom is 0.247 e. The van der Waals surface area contributed by atoms with Crippen molar-refractivity contribution in [2.45, 2.75) is 13.8 Å². The maximum absolute atomic E-state index is 12.2. The number of hydrazine groups is 1. The van der Waals surface area contributed by atoms with Crippen LogP contribution >= 0.6 is 22.7 Å². The summed E-state index contributed by atoms with van der Waals surface area (Å²) in [5.74, 6) is 6.27. The normalized spacial score (nSPS) is 11.3. The van der Waals surface area contributed by atoms with Gasteiger partial charge in [0.2, 0.25) is 5.91 Å². The summed E-state index contributed by atoms with van der Waals surface area (Å²) in [6.07, 6.45) is 1.47. The molecule has 0 unspecified atom stereocenters. The van der Waals surface area contributed by atoms with Gasteiger partial charge in [0.15, 0.2) is 5.13 Å². The first-order valence-corrected chi connectivity index (χ1v) is 10.5. The van der Waals surface area contributed by atoms with Crippen LogP contribution in [0.5, 0.6) is 5.75 Å². The van der Waals surface area contributed by atoms with Crippen molar-refractivity contribution in [3.8, 4) is 16.3 Å². The lowest BCUT2D eigenvalue weighted by molar-refractivity contribution is -0.116. The van der Waals surface area contributed by atoms with Gasteiger partial charge in [-0.3, -0.25) is 4.79 Å². The number of benzene rings is 1. The van der Waals surface area contributed by atoms with Gasteiger partial charge in [-0.25, -0.2) is 15.8 Å². The lowest BCUT2D eigenvalue weighted by atomic mass is 10.3. The van der Waals surface area contributed by atoms with Crippen molar-refractivity contribution in [3.05, 3.63) is 58.3 Å². The highest BCUT2D eigenvalue weighted by Gasteiger charge is 2.13. The van der Waals surface area contributed by atoms with Crippen LogP contribution in [0.2, 0.25) is 0 Å². The molecule has 0 atom stereocenters. The molecule has 2 heterocycles. The number of anilines is 1. The Morgan fingerprint density at radius 2 is 2.03 bits per heavy atom. The third kappa shape index (κ3) is 6.01. The summed E-state index contributed by atoms with van der Waals surface area (Å²) >= 11 is 2.93. The Kier molecular flexibility index (Phi) is 6.81. The van der Waals surface area contributed by atoms with Crippen LogP contribution in [0.15, 0.2) is 47.6 Å². The SMILES string of the molecule is Cc1nc(C)c(-c2csc(NC(=O)CN(N)/C=C(\N)COc3ccccc3)n2)s1. The molecule has 0 saturated heterocycles. The zero-order valence-electron chi connectivity index (χ0n) is 16.1. The molecule has 0 fully saturated rings. The number of ether oxygens (including phenoxy) is 1. The quantitative estimate of drug-likeness (QED) is 0.371. The summed E-state index contributed by atoms with van der Waals surface area (Å²) in [6.45, 7) is 4.00. The van der Waals surface area contributed by atoms with Crippen LogP contribution in [0, 0.1) is 13.8 Å². The molecule has 0 aliphatic heterocycles. The van der Waals surface area contributed by atoms with Crippen molar-refractivity contribution in [3.63, 3.8) is 0 Å². The van der Waals surface area contributed by atoms with Crippen LogP contribution in [0.1, 0.15) is 10.7 Å². The van der Waals surface area contributed by atoms with Gasteiger partial charge in [-0.2, -0.15) is 0 Å². The van der Waals surface area contributed by atoms with Gasteiger partial charge in [0.1, 0.15) is 18.9 Å². The Bertz CT molecular complexity index is 999. The molecule has 0 radical (unpaired) electrons. The number of aromatic nitrogens is 2. The minimum atomic E-state index is -0.293. The number of nitrogens with one attached hydrogen (secondary N) is 1. The van der Waals surface area contributed by atoms with E-state index in [1.54, 1.807) is 11.3 Å². The van der Waals surface area contributed by atoms with Crippen LogP contribution in [0.4, 0.5) is 5.13 Å². The molecule has 3 aromatic rings. The number of nitrogens with two attached hydrogens (primary N) is 2. The molecule has 10 heteroatoms. The molecule has 0 saturated carbocycles. The van der Waals surface area contributed by atoms with E-state index in [-0.39, 0.29) is 19.1 Å². The summed E-state index contributed by atoms with van der Waals surface area (Å²) < 4.78 is 5.54. The van der Waals surface area contributed by atoms with Crippen molar-refractivity contribution in [1.82, 2.24) is 15.0 Å². The van der Waals surface area contributed by atoms with Gasteiger partial charge in [0.05, 0.1) is 27.0 Å². The van der Waals surface area contributed by atoms with Crippen molar-refractivity contribution in [2.24, 2.45) is 11.6 Å². The minimum absolute atomic E-state index is 0.0698. The summed E-state index contributed by atoms with van der Waals surface area (Å²) in [5, 5.41) is 7.35. The second kappa shape index (κ2) is 9.50. The molecular formula is C19H22N6O2S2. The van der Waals surface area contributed by atoms with Gasteiger partial charge in [-0.15, -0.1) is 22.7 Å². The Morgan fingerprint density at radius 1 is 1.28 bits per heavy atom. The van der Waals surface area contributed by atoms with E-state index in [2.05, 4.69) is 15.3 Å². The zero-order chi connectivity index (χ0) is 20.8. The van der Waals surface area contributed by atoms with Crippen LogP contribution < -0.4 is 21.6 Å². The lowest BCUT2D eigenvalue weighted by Crippen LogP contribution is -2.35. The van der Waals surface area contributed by atoms with Gasteiger partial charge < -0.3 is 20.8 Å². The molecule has 8 nitrogen and oxygen atoms in total. The summed E-state index contributed by atoms with van der Waals surface area (Å²) in [4.78, 5) is 22.1. The number of aryl methyl sites for hydroxylation is 2. The monoisotopic (exact) mass is 430 g/mol. The Morgan fingerprint density at radius 3 is 2.72 bits per heavy atom. The predicted octanol–water partition coefficient (Wildman–Crippen LogP) is 2.88. The van der Waals surface area contributed by atoms with Crippen molar-refractivity contribution in [1.29, 1.82) is 0 Å². The molecule has 0 spiro atoms. The van der Waals surface area contributed by atoms with E-state index < -0.39 is 0 Å².